The van der Waals surface area contributed by atoms with Gasteiger partial charge in [-0.25, -0.2) is 8.78 Å². The zero-order valence-corrected chi connectivity index (χ0v) is 12.4. The Balaban J connectivity index is 0.000000647. The maximum absolute atomic E-state index is 13.2. The first-order valence-electron chi connectivity index (χ1n) is 6.93. The summed E-state index contributed by atoms with van der Waals surface area (Å²) < 4.78 is 26.0. The molecule has 2 aliphatic rings. The van der Waals surface area contributed by atoms with E-state index in [0.717, 1.165) is 12.1 Å². The summed E-state index contributed by atoms with van der Waals surface area (Å²) in [6, 6.07) is 3.45. The molecule has 1 saturated heterocycles. The number of fused-ring (bicyclic) bond motifs is 1. The van der Waals surface area contributed by atoms with Crippen molar-refractivity contribution >= 4 is 18.4 Å². The van der Waals surface area contributed by atoms with E-state index in [9.17, 15) is 28.6 Å². The molecule has 0 unspecified atom stereocenters. The number of rotatable bonds is 4. The van der Waals surface area contributed by atoms with Gasteiger partial charge >= 0.3 is 11.9 Å². The van der Waals surface area contributed by atoms with E-state index in [4.69, 9.17) is 9.90 Å². The van der Waals surface area contributed by atoms with Gasteiger partial charge in [0.05, 0.1) is 10.8 Å². The highest BCUT2D eigenvalue weighted by molar-refractivity contribution is 5.94. The quantitative estimate of drug-likeness (QED) is 0.699. The topological polar surface area (TPSA) is 115 Å². The van der Waals surface area contributed by atoms with E-state index >= 15 is 0 Å². The Labute approximate surface area is 135 Å². The molecule has 3 N–H and O–H groups in total. The van der Waals surface area contributed by atoms with Crippen LogP contribution in [0, 0.1) is 22.5 Å². The van der Waals surface area contributed by atoms with Crippen LogP contribution in [0.15, 0.2) is 18.2 Å². The molecule has 0 radical (unpaired) electrons. The molecule has 130 valence electrons. The third kappa shape index (κ3) is 2.71. The largest absolute Gasteiger partial charge is 0.483 e. The predicted molar refractivity (Wildman–Crippen MR) is 75.1 cm³/mol. The van der Waals surface area contributed by atoms with E-state index in [1.54, 1.807) is 4.90 Å². The number of likely N-dealkylation sites (tertiary alicyclic amines) is 1. The number of aliphatic carboxylic acids is 2. The van der Waals surface area contributed by atoms with E-state index in [1.807, 2.05) is 0 Å². The Kier molecular flexibility index (Phi) is 4.57. The molecule has 24 heavy (non-hydrogen) atoms. The second-order valence-corrected chi connectivity index (χ2v) is 5.95. The van der Waals surface area contributed by atoms with Gasteiger partial charge in [0.2, 0.25) is 0 Å². The first-order chi connectivity index (χ1) is 11.2. The molecule has 1 aliphatic carbocycles. The number of hydrogen-bond donors (Lipinski definition) is 3. The minimum Gasteiger partial charge on any atom is -0.483 e. The summed E-state index contributed by atoms with van der Waals surface area (Å²) in [5.74, 6) is -4.15. The minimum absolute atomic E-state index is 0.105. The summed E-state index contributed by atoms with van der Waals surface area (Å²) in [5, 5.41) is 25.5. The Morgan fingerprint density at radius 2 is 1.62 bits per heavy atom. The Morgan fingerprint density at radius 3 is 2.04 bits per heavy atom. The van der Waals surface area contributed by atoms with E-state index in [2.05, 4.69) is 0 Å². The predicted octanol–water partition coefficient (Wildman–Crippen LogP) is 1.03. The Hall–Kier alpha value is -2.55. The van der Waals surface area contributed by atoms with Crippen LogP contribution in [0.3, 0.4) is 0 Å². The maximum atomic E-state index is 13.2. The van der Waals surface area contributed by atoms with E-state index in [0.29, 0.717) is 5.56 Å². The molecule has 1 aliphatic heterocycles. The average Bonchev–Trinajstić information content (AvgIpc) is 3.04. The lowest BCUT2D eigenvalue weighted by Crippen LogP contribution is -2.28. The second kappa shape index (κ2) is 6.16. The van der Waals surface area contributed by atoms with Crippen LogP contribution in [0.5, 0.6) is 0 Å². The molecular formula is C15H15F2NO6. The molecule has 2 fully saturated rings. The van der Waals surface area contributed by atoms with Gasteiger partial charge in [-0.2, -0.15) is 0 Å². The lowest BCUT2D eigenvalue weighted by atomic mass is 9.97. The van der Waals surface area contributed by atoms with Crippen molar-refractivity contribution < 1.29 is 38.5 Å². The van der Waals surface area contributed by atoms with Gasteiger partial charge in [0.15, 0.2) is 11.6 Å². The molecule has 9 heteroatoms. The van der Waals surface area contributed by atoms with Gasteiger partial charge in [0.25, 0.3) is 6.47 Å². The van der Waals surface area contributed by atoms with Crippen molar-refractivity contribution in [2.24, 2.45) is 10.8 Å². The van der Waals surface area contributed by atoms with Crippen LogP contribution in [-0.2, 0) is 20.9 Å². The summed E-state index contributed by atoms with van der Waals surface area (Å²) in [4.78, 5) is 32.8. The van der Waals surface area contributed by atoms with Gasteiger partial charge in [-0.3, -0.25) is 19.3 Å². The van der Waals surface area contributed by atoms with Crippen molar-refractivity contribution in [2.75, 3.05) is 13.1 Å². The minimum atomic E-state index is -1.25. The molecule has 0 spiro atoms. The summed E-state index contributed by atoms with van der Waals surface area (Å²) in [7, 11) is 0. The number of halogens is 2. The first-order valence-corrected chi connectivity index (χ1v) is 6.93. The Bertz CT molecular complexity index is 669. The molecular weight excluding hydrogens is 328 g/mol. The number of carbonyl (C=O) groups is 3. The number of nitrogens with zero attached hydrogens (tertiary/aromatic N) is 1. The monoisotopic (exact) mass is 343 g/mol. The Morgan fingerprint density at radius 1 is 1.12 bits per heavy atom. The van der Waals surface area contributed by atoms with Crippen LogP contribution in [0.25, 0.3) is 0 Å². The van der Waals surface area contributed by atoms with Crippen molar-refractivity contribution in [2.45, 2.75) is 13.0 Å². The molecule has 1 heterocycles. The van der Waals surface area contributed by atoms with Crippen LogP contribution >= 0.6 is 0 Å². The van der Waals surface area contributed by atoms with Crippen molar-refractivity contribution in [1.82, 2.24) is 4.90 Å². The van der Waals surface area contributed by atoms with Gasteiger partial charge in [0, 0.05) is 19.6 Å². The fourth-order valence-electron chi connectivity index (χ4n) is 3.41. The number of carboxylic acids is 2. The van der Waals surface area contributed by atoms with Crippen molar-refractivity contribution in [3.05, 3.63) is 35.4 Å². The van der Waals surface area contributed by atoms with Crippen LogP contribution in [-0.4, -0.2) is 51.7 Å². The lowest BCUT2D eigenvalue weighted by molar-refractivity contribution is -0.151. The summed E-state index contributed by atoms with van der Waals surface area (Å²) in [6.45, 7) is 0.155. The maximum Gasteiger partial charge on any atom is 0.312 e. The zero-order chi connectivity index (χ0) is 18.1. The number of carboxylic acid groups (broad SMARTS) is 3. The lowest BCUT2D eigenvalue weighted by Gasteiger charge is -2.19. The zero-order valence-electron chi connectivity index (χ0n) is 12.4. The van der Waals surface area contributed by atoms with Crippen molar-refractivity contribution in [3.63, 3.8) is 0 Å². The van der Waals surface area contributed by atoms with E-state index in [1.165, 1.54) is 6.07 Å². The molecule has 0 amide bonds. The summed E-state index contributed by atoms with van der Waals surface area (Å²) in [6.07, 6.45) is 0.124. The highest BCUT2D eigenvalue weighted by atomic mass is 19.2. The van der Waals surface area contributed by atoms with Gasteiger partial charge in [-0.05, 0) is 24.1 Å². The molecule has 3 rings (SSSR count). The van der Waals surface area contributed by atoms with Gasteiger partial charge in [0.1, 0.15) is 0 Å². The third-order valence-electron chi connectivity index (χ3n) is 4.59. The smallest absolute Gasteiger partial charge is 0.312 e. The van der Waals surface area contributed by atoms with Crippen LogP contribution in [0.1, 0.15) is 12.0 Å². The van der Waals surface area contributed by atoms with Crippen molar-refractivity contribution in [3.8, 4) is 0 Å². The average molecular weight is 343 g/mol. The van der Waals surface area contributed by atoms with Gasteiger partial charge in [-0.15, -0.1) is 0 Å². The van der Waals surface area contributed by atoms with Gasteiger partial charge in [-0.1, -0.05) is 6.07 Å². The fraction of sp³-hybridized carbons (Fsp3) is 0.400. The van der Waals surface area contributed by atoms with E-state index in [-0.39, 0.29) is 32.5 Å². The van der Waals surface area contributed by atoms with Crippen LogP contribution < -0.4 is 0 Å². The van der Waals surface area contributed by atoms with Crippen LogP contribution in [0.4, 0.5) is 8.78 Å². The van der Waals surface area contributed by atoms with Gasteiger partial charge < -0.3 is 15.3 Å². The number of benzene rings is 1. The van der Waals surface area contributed by atoms with E-state index < -0.39 is 34.4 Å². The highest BCUT2D eigenvalue weighted by Crippen LogP contribution is 2.68. The molecule has 7 nitrogen and oxygen atoms in total. The first kappa shape index (κ1) is 17.8. The third-order valence-corrected chi connectivity index (χ3v) is 4.59. The van der Waals surface area contributed by atoms with Crippen LogP contribution in [0.2, 0.25) is 0 Å². The molecule has 2 atom stereocenters. The molecule has 1 aromatic rings. The summed E-state index contributed by atoms with van der Waals surface area (Å²) >= 11 is 0. The fourth-order valence-corrected chi connectivity index (χ4v) is 3.41. The molecule has 1 saturated carbocycles. The number of hydrogen-bond acceptors (Lipinski definition) is 4. The second-order valence-electron chi connectivity index (χ2n) is 5.95. The molecule has 0 aromatic heterocycles. The molecule has 1 aromatic carbocycles. The standard InChI is InChI=1S/C14H13F2NO4.CH2O2/c15-9-2-1-8(3-10(9)16)4-17-6-13(11(18)19)5-14(13,7-17)12(20)21;2-1-3/h1-3H,4-7H2,(H,18,19)(H,20,21);1H,(H,2,3)/t13-,14+;. The number of piperidine rings is 1. The molecule has 0 bridgehead atoms. The normalized spacial score (nSPS) is 27.6. The van der Waals surface area contributed by atoms with Crippen molar-refractivity contribution in [1.29, 1.82) is 0 Å². The SMILES string of the molecule is O=C(O)[C@@]12CN(Cc3ccc(F)c(F)c3)C[C@]1(C(=O)O)C2.O=CO. The summed E-state index contributed by atoms with van der Waals surface area (Å²) in [5.41, 5.74) is -2.02. The highest BCUT2D eigenvalue weighted by Gasteiger charge is 2.80.